The predicted molar refractivity (Wildman–Crippen MR) is 114 cm³/mol. The van der Waals surface area contributed by atoms with Crippen LogP contribution in [0.4, 0.5) is 0 Å². The monoisotopic (exact) mass is 392 g/mol. The van der Waals surface area contributed by atoms with Gasteiger partial charge in [-0.2, -0.15) is 0 Å². The van der Waals surface area contributed by atoms with Crippen molar-refractivity contribution in [3.63, 3.8) is 0 Å². The topological polar surface area (TPSA) is 64.4 Å². The summed E-state index contributed by atoms with van der Waals surface area (Å²) in [5.74, 6) is 2.01. The van der Waals surface area contributed by atoms with Gasteiger partial charge in [0.1, 0.15) is 5.75 Å². The van der Waals surface area contributed by atoms with E-state index in [4.69, 9.17) is 9.15 Å². The highest BCUT2D eigenvalue weighted by Gasteiger charge is 2.15. The smallest absolute Gasteiger partial charge is 0.220 e. The highest BCUT2D eigenvalue weighted by atomic mass is 16.5. The molecule has 0 aliphatic carbocycles. The first-order chi connectivity index (χ1) is 13.9. The van der Waals surface area contributed by atoms with Crippen LogP contribution in [0.3, 0.4) is 0 Å². The Labute approximate surface area is 172 Å². The van der Waals surface area contributed by atoms with Crippen LogP contribution in [0.25, 0.3) is 11.3 Å². The van der Waals surface area contributed by atoms with Gasteiger partial charge in [-0.15, -0.1) is 0 Å². The van der Waals surface area contributed by atoms with E-state index in [-0.39, 0.29) is 11.9 Å². The minimum Gasteiger partial charge on any atom is -0.496 e. The van der Waals surface area contributed by atoms with Crippen molar-refractivity contribution in [3.05, 3.63) is 70.7 Å². The zero-order valence-corrected chi connectivity index (χ0v) is 17.7. The molecule has 3 rings (SSSR count). The van der Waals surface area contributed by atoms with E-state index in [0.29, 0.717) is 18.7 Å². The van der Waals surface area contributed by atoms with Crippen LogP contribution >= 0.6 is 0 Å². The number of carbonyl (C=O) groups is 1. The molecular formula is C24H28N2O3. The predicted octanol–water partition coefficient (Wildman–Crippen LogP) is 5.09. The fourth-order valence-corrected chi connectivity index (χ4v) is 3.26. The van der Waals surface area contributed by atoms with Crippen LogP contribution < -0.4 is 10.1 Å². The van der Waals surface area contributed by atoms with Crippen LogP contribution in [0.2, 0.25) is 0 Å². The molecule has 1 atom stereocenters. The number of benzene rings is 2. The molecule has 152 valence electrons. The zero-order chi connectivity index (χ0) is 21.0. The number of hydrogen-bond acceptors (Lipinski definition) is 4. The minimum atomic E-state index is -0.145. The molecule has 0 fully saturated rings. The quantitative estimate of drug-likeness (QED) is 0.609. The number of nitrogens with zero attached hydrogens (tertiary/aromatic N) is 1. The number of hydrogen-bond donors (Lipinski definition) is 1. The standard InChI is InChI=1S/C24H28N2O3/c1-15-6-9-21(28-5)20(12-15)18(4)26-23(27)10-11-24-25-14-22(29-24)19-8-7-16(2)17(3)13-19/h6-9,12-14,18H,10-11H2,1-5H3,(H,26,27)/t18-/m0/s1. The second-order valence-electron chi connectivity index (χ2n) is 7.45. The van der Waals surface area contributed by atoms with Gasteiger partial charge in [-0.25, -0.2) is 4.98 Å². The Hall–Kier alpha value is -3.08. The fraction of sp³-hybridized carbons (Fsp3) is 0.333. The van der Waals surface area contributed by atoms with Crippen molar-refractivity contribution >= 4 is 5.91 Å². The first kappa shape index (κ1) is 20.6. The average Bonchev–Trinajstić information content (AvgIpc) is 3.17. The van der Waals surface area contributed by atoms with Gasteiger partial charge in [0.05, 0.1) is 19.3 Å². The summed E-state index contributed by atoms with van der Waals surface area (Å²) in [6, 6.07) is 12.0. The number of amides is 1. The maximum atomic E-state index is 12.4. The van der Waals surface area contributed by atoms with Gasteiger partial charge >= 0.3 is 0 Å². The molecule has 0 aliphatic rings. The van der Waals surface area contributed by atoms with Crippen LogP contribution in [0.5, 0.6) is 5.75 Å². The van der Waals surface area contributed by atoms with Crippen molar-refractivity contribution in [2.45, 2.75) is 46.6 Å². The number of rotatable bonds is 7. The largest absolute Gasteiger partial charge is 0.496 e. The fourth-order valence-electron chi connectivity index (χ4n) is 3.26. The Morgan fingerprint density at radius 1 is 1.14 bits per heavy atom. The van der Waals surface area contributed by atoms with E-state index in [1.54, 1.807) is 13.3 Å². The Morgan fingerprint density at radius 3 is 2.66 bits per heavy atom. The van der Waals surface area contributed by atoms with Crippen molar-refractivity contribution in [2.75, 3.05) is 7.11 Å². The molecule has 0 saturated carbocycles. The molecule has 5 nitrogen and oxygen atoms in total. The normalized spacial score (nSPS) is 11.9. The molecule has 0 bridgehead atoms. The number of carbonyl (C=O) groups excluding carboxylic acids is 1. The molecular weight excluding hydrogens is 364 g/mol. The minimum absolute atomic E-state index is 0.0491. The zero-order valence-electron chi connectivity index (χ0n) is 17.7. The number of aromatic nitrogens is 1. The summed E-state index contributed by atoms with van der Waals surface area (Å²) in [5, 5.41) is 3.03. The van der Waals surface area contributed by atoms with E-state index >= 15 is 0 Å². The number of ether oxygens (including phenoxy) is 1. The lowest BCUT2D eigenvalue weighted by Crippen LogP contribution is -2.27. The maximum absolute atomic E-state index is 12.4. The first-order valence-electron chi connectivity index (χ1n) is 9.83. The van der Waals surface area contributed by atoms with Crippen LogP contribution in [-0.4, -0.2) is 18.0 Å². The van der Waals surface area contributed by atoms with Crippen molar-refractivity contribution < 1.29 is 13.9 Å². The summed E-state index contributed by atoms with van der Waals surface area (Å²) in [5.41, 5.74) is 5.54. The molecule has 0 saturated heterocycles. The third-order valence-electron chi connectivity index (χ3n) is 5.14. The molecule has 0 unspecified atom stereocenters. The van der Waals surface area contributed by atoms with Crippen LogP contribution in [0, 0.1) is 20.8 Å². The number of nitrogens with one attached hydrogen (secondary N) is 1. The summed E-state index contributed by atoms with van der Waals surface area (Å²) in [6.45, 7) is 8.13. The van der Waals surface area contributed by atoms with E-state index in [0.717, 1.165) is 28.2 Å². The first-order valence-corrected chi connectivity index (χ1v) is 9.83. The van der Waals surface area contributed by atoms with Crippen molar-refractivity contribution in [3.8, 4) is 17.1 Å². The van der Waals surface area contributed by atoms with Gasteiger partial charge in [-0.3, -0.25) is 4.79 Å². The number of methoxy groups -OCH3 is 1. The lowest BCUT2D eigenvalue weighted by Gasteiger charge is -2.18. The highest BCUT2D eigenvalue weighted by Crippen LogP contribution is 2.26. The SMILES string of the molecule is COc1ccc(C)cc1[C@H](C)NC(=O)CCc1ncc(-c2ccc(C)c(C)c2)o1. The number of aryl methyl sites for hydroxylation is 4. The molecule has 5 heteroatoms. The van der Waals surface area contributed by atoms with E-state index in [1.165, 1.54) is 11.1 Å². The molecule has 1 aromatic heterocycles. The van der Waals surface area contributed by atoms with Crippen molar-refractivity contribution in [1.29, 1.82) is 0 Å². The van der Waals surface area contributed by atoms with Gasteiger partial charge in [-0.05, 0) is 51.0 Å². The Balaban J connectivity index is 1.59. The van der Waals surface area contributed by atoms with Gasteiger partial charge in [0.2, 0.25) is 5.91 Å². The summed E-state index contributed by atoms with van der Waals surface area (Å²) in [4.78, 5) is 16.7. The second kappa shape index (κ2) is 8.95. The van der Waals surface area contributed by atoms with Gasteiger partial charge in [0.15, 0.2) is 11.7 Å². The molecule has 3 aromatic rings. The maximum Gasteiger partial charge on any atom is 0.220 e. The van der Waals surface area contributed by atoms with Crippen molar-refractivity contribution in [1.82, 2.24) is 10.3 Å². The molecule has 1 N–H and O–H groups in total. The number of oxazole rings is 1. The van der Waals surface area contributed by atoms with Crippen LogP contribution in [0.1, 0.15) is 47.5 Å². The lowest BCUT2D eigenvalue weighted by atomic mass is 10.0. The Morgan fingerprint density at radius 2 is 1.93 bits per heavy atom. The summed E-state index contributed by atoms with van der Waals surface area (Å²) in [7, 11) is 1.64. The lowest BCUT2D eigenvalue weighted by molar-refractivity contribution is -0.121. The van der Waals surface area contributed by atoms with E-state index < -0.39 is 0 Å². The Bertz CT molecular complexity index is 1010. The summed E-state index contributed by atoms with van der Waals surface area (Å²) in [6.07, 6.45) is 2.48. The summed E-state index contributed by atoms with van der Waals surface area (Å²) >= 11 is 0. The van der Waals surface area contributed by atoms with Crippen LogP contribution in [-0.2, 0) is 11.2 Å². The van der Waals surface area contributed by atoms with E-state index in [2.05, 4.69) is 36.3 Å². The highest BCUT2D eigenvalue weighted by molar-refractivity contribution is 5.76. The van der Waals surface area contributed by atoms with Crippen molar-refractivity contribution in [2.24, 2.45) is 0 Å². The molecule has 0 radical (unpaired) electrons. The molecule has 0 spiro atoms. The molecule has 2 aromatic carbocycles. The third kappa shape index (κ3) is 5.05. The molecule has 1 heterocycles. The van der Waals surface area contributed by atoms with Gasteiger partial charge < -0.3 is 14.5 Å². The third-order valence-corrected chi connectivity index (χ3v) is 5.14. The molecule has 29 heavy (non-hydrogen) atoms. The van der Waals surface area contributed by atoms with Crippen LogP contribution in [0.15, 0.2) is 47.0 Å². The van der Waals surface area contributed by atoms with E-state index in [9.17, 15) is 4.79 Å². The molecule has 1 amide bonds. The summed E-state index contributed by atoms with van der Waals surface area (Å²) < 4.78 is 11.3. The average molecular weight is 392 g/mol. The second-order valence-corrected chi connectivity index (χ2v) is 7.45. The van der Waals surface area contributed by atoms with E-state index in [1.807, 2.05) is 38.1 Å². The van der Waals surface area contributed by atoms with Gasteiger partial charge in [-0.1, -0.05) is 29.8 Å². The van der Waals surface area contributed by atoms with Gasteiger partial charge in [0, 0.05) is 24.0 Å². The van der Waals surface area contributed by atoms with Gasteiger partial charge in [0.25, 0.3) is 0 Å². The molecule has 0 aliphatic heterocycles. The Kier molecular flexibility index (Phi) is 6.37.